The van der Waals surface area contributed by atoms with Crippen molar-refractivity contribution in [2.75, 3.05) is 21.9 Å². The van der Waals surface area contributed by atoms with Gasteiger partial charge in [0.1, 0.15) is 0 Å². The Labute approximate surface area is 150 Å². The molecule has 1 amide bonds. The molecule has 0 unspecified atom stereocenters. The number of hydrogen-bond donors (Lipinski definition) is 1. The standard InChI is InChI=1S/C17H16Cl2N2OS/c18-13-4-3-5-14(11-13)20-17(22)12-6-7-15(19)16(10-12)21-8-1-2-9-23-21/h3-7,10-11H,1-2,8-9H2,(H,20,22). The van der Waals surface area contributed by atoms with E-state index in [0.717, 1.165) is 24.4 Å². The van der Waals surface area contributed by atoms with E-state index in [2.05, 4.69) is 9.62 Å². The number of carbonyl (C=O) groups excluding carboxylic acids is 1. The number of nitrogens with one attached hydrogen (secondary N) is 1. The van der Waals surface area contributed by atoms with Crippen molar-refractivity contribution >= 4 is 52.4 Å². The van der Waals surface area contributed by atoms with Gasteiger partial charge in [-0.25, -0.2) is 0 Å². The summed E-state index contributed by atoms with van der Waals surface area (Å²) in [5.41, 5.74) is 2.15. The van der Waals surface area contributed by atoms with Gasteiger partial charge in [-0.2, -0.15) is 0 Å². The summed E-state index contributed by atoms with van der Waals surface area (Å²) in [6, 6.07) is 12.5. The fourth-order valence-corrected chi connectivity index (χ4v) is 3.96. The van der Waals surface area contributed by atoms with E-state index in [0.29, 0.717) is 21.3 Å². The second kappa shape index (κ2) is 7.47. The van der Waals surface area contributed by atoms with Crippen molar-refractivity contribution in [2.24, 2.45) is 0 Å². The molecule has 0 aliphatic carbocycles. The molecular weight excluding hydrogens is 351 g/mol. The van der Waals surface area contributed by atoms with Crippen LogP contribution in [0.4, 0.5) is 11.4 Å². The maximum Gasteiger partial charge on any atom is 0.255 e. The Morgan fingerprint density at radius 3 is 2.74 bits per heavy atom. The average Bonchev–Trinajstić information content (AvgIpc) is 2.56. The molecule has 0 saturated carbocycles. The molecule has 1 N–H and O–H groups in total. The zero-order valence-electron chi connectivity index (χ0n) is 12.4. The lowest BCUT2D eigenvalue weighted by Crippen LogP contribution is -2.22. The smallest absolute Gasteiger partial charge is 0.255 e. The van der Waals surface area contributed by atoms with E-state index >= 15 is 0 Å². The van der Waals surface area contributed by atoms with Crippen LogP contribution >= 0.6 is 35.1 Å². The minimum Gasteiger partial charge on any atom is -0.322 e. The first-order valence-corrected chi connectivity index (χ1v) is 9.10. The predicted octanol–water partition coefficient (Wildman–Crippen LogP) is 5.49. The Morgan fingerprint density at radius 2 is 2.00 bits per heavy atom. The van der Waals surface area contributed by atoms with Crippen molar-refractivity contribution in [1.82, 2.24) is 0 Å². The van der Waals surface area contributed by atoms with Gasteiger partial charge in [0.2, 0.25) is 0 Å². The largest absolute Gasteiger partial charge is 0.322 e. The molecule has 0 radical (unpaired) electrons. The number of nitrogens with zero attached hydrogens (tertiary/aromatic N) is 1. The minimum absolute atomic E-state index is 0.174. The summed E-state index contributed by atoms with van der Waals surface area (Å²) in [6.45, 7) is 0.948. The van der Waals surface area contributed by atoms with Crippen LogP contribution in [-0.4, -0.2) is 18.2 Å². The van der Waals surface area contributed by atoms with Crippen LogP contribution < -0.4 is 9.62 Å². The topological polar surface area (TPSA) is 32.3 Å². The lowest BCUT2D eigenvalue weighted by molar-refractivity contribution is 0.102. The number of carbonyl (C=O) groups is 1. The molecule has 1 saturated heterocycles. The summed E-state index contributed by atoms with van der Waals surface area (Å²) in [4.78, 5) is 12.4. The highest BCUT2D eigenvalue weighted by Crippen LogP contribution is 2.34. The Bertz CT molecular complexity index is 717. The van der Waals surface area contributed by atoms with Crippen LogP contribution in [0.25, 0.3) is 0 Å². The van der Waals surface area contributed by atoms with E-state index in [1.54, 1.807) is 48.3 Å². The molecule has 1 fully saturated rings. The van der Waals surface area contributed by atoms with Gasteiger partial charge in [-0.3, -0.25) is 4.79 Å². The van der Waals surface area contributed by atoms with E-state index in [-0.39, 0.29) is 5.91 Å². The SMILES string of the molecule is O=C(Nc1cccc(Cl)c1)c1ccc(Cl)c(N2CCCCS2)c1. The van der Waals surface area contributed by atoms with Gasteiger partial charge in [-0.05, 0) is 61.2 Å². The molecule has 2 aromatic rings. The van der Waals surface area contributed by atoms with Crippen LogP contribution in [0.5, 0.6) is 0 Å². The fraction of sp³-hybridized carbons (Fsp3) is 0.235. The monoisotopic (exact) mass is 366 g/mol. The third-order valence-corrected chi connectivity index (χ3v) is 5.28. The molecule has 1 aliphatic heterocycles. The van der Waals surface area contributed by atoms with Crippen LogP contribution in [0, 0.1) is 0 Å². The maximum absolute atomic E-state index is 12.4. The number of rotatable bonds is 3. The molecule has 0 aromatic heterocycles. The van der Waals surface area contributed by atoms with Crippen molar-refractivity contribution < 1.29 is 4.79 Å². The average molecular weight is 367 g/mol. The molecule has 0 spiro atoms. The van der Waals surface area contributed by atoms with Gasteiger partial charge in [-0.15, -0.1) is 0 Å². The molecule has 0 atom stereocenters. The van der Waals surface area contributed by atoms with Gasteiger partial charge in [0, 0.05) is 28.6 Å². The zero-order chi connectivity index (χ0) is 16.2. The Morgan fingerprint density at radius 1 is 1.13 bits per heavy atom. The van der Waals surface area contributed by atoms with Gasteiger partial charge in [0.15, 0.2) is 0 Å². The van der Waals surface area contributed by atoms with E-state index in [9.17, 15) is 4.79 Å². The van der Waals surface area contributed by atoms with Gasteiger partial charge in [0.05, 0.1) is 10.7 Å². The van der Waals surface area contributed by atoms with E-state index in [1.165, 1.54) is 6.42 Å². The molecule has 6 heteroatoms. The Hall–Kier alpha value is -1.36. The van der Waals surface area contributed by atoms with Crippen LogP contribution in [0.3, 0.4) is 0 Å². The van der Waals surface area contributed by atoms with Gasteiger partial charge >= 0.3 is 0 Å². The highest BCUT2D eigenvalue weighted by molar-refractivity contribution is 8.00. The number of anilines is 2. The summed E-state index contributed by atoms with van der Waals surface area (Å²) in [7, 11) is 0. The van der Waals surface area contributed by atoms with Crippen LogP contribution in [0.2, 0.25) is 10.0 Å². The van der Waals surface area contributed by atoms with Gasteiger partial charge in [0.25, 0.3) is 5.91 Å². The van der Waals surface area contributed by atoms with Crippen LogP contribution in [0.15, 0.2) is 42.5 Å². The normalized spacial score (nSPS) is 14.6. The predicted molar refractivity (Wildman–Crippen MR) is 99.9 cm³/mol. The van der Waals surface area contributed by atoms with E-state index in [1.807, 2.05) is 6.07 Å². The number of benzene rings is 2. The third kappa shape index (κ3) is 4.14. The lowest BCUT2D eigenvalue weighted by atomic mass is 10.1. The summed E-state index contributed by atoms with van der Waals surface area (Å²) in [5.74, 6) is 0.905. The first-order chi connectivity index (χ1) is 11.1. The molecule has 23 heavy (non-hydrogen) atoms. The second-order valence-corrected chi connectivity index (χ2v) is 7.22. The quantitative estimate of drug-likeness (QED) is 0.728. The van der Waals surface area contributed by atoms with Crippen molar-refractivity contribution in [3.63, 3.8) is 0 Å². The van der Waals surface area contributed by atoms with Crippen molar-refractivity contribution in [2.45, 2.75) is 12.8 Å². The molecule has 3 rings (SSSR count). The molecule has 1 aliphatic rings. The number of amides is 1. The molecular formula is C17H16Cl2N2OS. The van der Waals surface area contributed by atoms with E-state index in [4.69, 9.17) is 23.2 Å². The molecule has 120 valence electrons. The first kappa shape index (κ1) is 16.5. The van der Waals surface area contributed by atoms with Crippen LogP contribution in [-0.2, 0) is 0 Å². The van der Waals surface area contributed by atoms with Gasteiger partial charge in [-0.1, -0.05) is 29.3 Å². The number of halogens is 2. The van der Waals surface area contributed by atoms with Crippen molar-refractivity contribution in [1.29, 1.82) is 0 Å². The minimum atomic E-state index is -0.174. The van der Waals surface area contributed by atoms with Crippen molar-refractivity contribution in [3.05, 3.63) is 58.1 Å². The fourth-order valence-electron chi connectivity index (χ4n) is 2.40. The molecule has 2 aromatic carbocycles. The second-order valence-electron chi connectivity index (χ2n) is 5.27. The zero-order valence-corrected chi connectivity index (χ0v) is 14.7. The van der Waals surface area contributed by atoms with Crippen molar-refractivity contribution in [3.8, 4) is 0 Å². The highest BCUT2D eigenvalue weighted by atomic mass is 35.5. The molecule has 0 bridgehead atoms. The third-order valence-electron chi connectivity index (χ3n) is 3.56. The number of hydrogen-bond acceptors (Lipinski definition) is 3. The summed E-state index contributed by atoms with van der Waals surface area (Å²) < 4.78 is 2.17. The first-order valence-electron chi connectivity index (χ1n) is 7.40. The van der Waals surface area contributed by atoms with E-state index < -0.39 is 0 Å². The summed E-state index contributed by atoms with van der Waals surface area (Å²) in [6.07, 6.45) is 2.36. The van der Waals surface area contributed by atoms with Gasteiger partial charge < -0.3 is 9.62 Å². The highest BCUT2D eigenvalue weighted by Gasteiger charge is 2.17. The van der Waals surface area contributed by atoms with Crippen LogP contribution in [0.1, 0.15) is 23.2 Å². The summed E-state index contributed by atoms with van der Waals surface area (Å²) >= 11 is 14.0. The molecule has 3 nitrogen and oxygen atoms in total. The summed E-state index contributed by atoms with van der Waals surface area (Å²) in [5, 5.41) is 4.11. The lowest BCUT2D eigenvalue weighted by Gasteiger charge is -2.28. The Kier molecular flexibility index (Phi) is 5.36. The molecule has 1 heterocycles. The Balaban J connectivity index is 1.80. The maximum atomic E-state index is 12.4.